The third-order valence-corrected chi connectivity index (χ3v) is 5.34. The van der Waals surface area contributed by atoms with Crippen LogP contribution in [0.15, 0.2) is 0 Å². The van der Waals surface area contributed by atoms with Crippen LogP contribution in [0.5, 0.6) is 0 Å². The van der Waals surface area contributed by atoms with E-state index in [0.29, 0.717) is 26.2 Å². The van der Waals surface area contributed by atoms with Gasteiger partial charge in [-0.2, -0.15) is 0 Å². The normalized spacial score (nSPS) is 32.4. The SMILES string of the molecule is CN1CC2(CCN(C(=O)C3(C)CCCCO3)CC2)OCC1=O. The van der Waals surface area contributed by atoms with E-state index in [4.69, 9.17) is 9.47 Å². The van der Waals surface area contributed by atoms with E-state index in [1.807, 2.05) is 18.9 Å². The van der Waals surface area contributed by atoms with Gasteiger partial charge in [-0.05, 0) is 39.0 Å². The average Bonchev–Trinajstić information content (AvgIpc) is 2.52. The van der Waals surface area contributed by atoms with Crippen molar-refractivity contribution in [3.63, 3.8) is 0 Å². The largest absolute Gasteiger partial charge is 0.365 e. The van der Waals surface area contributed by atoms with E-state index in [9.17, 15) is 9.59 Å². The molecule has 0 aromatic rings. The van der Waals surface area contributed by atoms with Crippen molar-refractivity contribution in [1.82, 2.24) is 9.80 Å². The molecule has 6 heteroatoms. The second-order valence-electron chi connectivity index (χ2n) is 7.05. The Balaban J connectivity index is 1.59. The quantitative estimate of drug-likeness (QED) is 0.719. The maximum atomic E-state index is 12.8. The topological polar surface area (TPSA) is 59.1 Å². The predicted molar refractivity (Wildman–Crippen MR) is 80.3 cm³/mol. The average molecular weight is 310 g/mol. The molecule has 0 aliphatic carbocycles. The van der Waals surface area contributed by atoms with E-state index in [1.54, 1.807) is 4.90 Å². The van der Waals surface area contributed by atoms with Crippen LogP contribution in [0, 0.1) is 0 Å². The van der Waals surface area contributed by atoms with E-state index >= 15 is 0 Å². The zero-order valence-corrected chi connectivity index (χ0v) is 13.6. The van der Waals surface area contributed by atoms with Gasteiger partial charge in [-0.15, -0.1) is 0 Å². The minimum atomic E-state index is -0.650. The first-order valence-corrected chi connectivity index (χ1v) is 8.25. The van der Waals surface area contributed by atoms with Crippen LogP contribution >= 0.6 is 0 Å². The molecule has 0 radical (unpaired) electrons. The summed E-state index contributed by atoms with van der Waals surface area (Å²) in [5.41, 5.74) is -0.920. The highest BCUT2D eigenvalue weighted by Crippen LogP contribution is 2.33. The van der Waals surface area contributed by atoms with E-state index in [0.717, 1.165) is 32.1 Å². The number of nitrogens with zero attached hydrogens (tertiary/aromatic N) is 2. The van der Waals surface area contributed by atoms with Gasteiger partial charge in [0.1, 0.15) is 12.2 Å². The number of hydrogen-bond acceptors (Lipinski definition) is 4. The number of likely N-dealkylation sites (N-methyl/N-ethyl adjacent to an activating group) is 1. The number of carbonyl (C=O) groups excluding carboxylic acids is 2. The Hall–Kier alpha value is -1.14. The van der Waals surface area contributed by atoms with Gasteiger partial charge in [0, 0.05) is 33.3 Å². The van der Waals surface area contributed by atoms with Crippen molar-refractivity contribution in [2.24, 2.45) is 0 Å². The van der Waals surface area contributed by atoms with Gasteiger partial charge >= 0.3 is 0 Å². The van der Waals surface area contributed by atoms with Gasteiger partial charge in [-0.25, -0.2) is 0 Å². The van der Waals surface area contributed by atoms with Crippen molar-refractivity contribution in [2.45, 2.75) is 50.2 Å². The van der Waals surface area contributed by atoms with E-state index in [-0.39, 0.29) is 24.0 Å². The number of piperidine rings is 1. The van der Waals surface area contributed by atoms with Crippen LogP contribution in [0.2, 0.25) is 0 Å². The molecule has 6 nitrogen and oxygen atoms in total. The highest BCUT2D eigenvalue weighted by atomic mass is 16.5. The summed E-state index contributed by atoms with van der Waals surface area (Å²) < 4.78 is 11.6. The zero-order valence-electron chi connectivity index (χ0n) is 13.6. The highest BCUT2D eigenvalue weighted by molar-refractivity contribution is 5.85. The van der Waals surface area contributed by atoms with E-state index in [1.165, 1.54) is 0 Å². The maximum absolute atomic E-state index is 12.8. The second-order valence-corrected chi connectivity index (χ2v) is 7.05. The molecule has 3 fully saturated rings. The maximum Gasteiger partial charge on any atom is 0.254 e. The van der Waals surface area contributed by atoms with Gasteiger partial charge in [0.2, 0.25) is 5.91 Å². The third kappa shape index (κ3) is 2.86. The molecule has 1 atom stereocenters. The summed E-state index contributed by atoms with van der Waals surface area (Å²) >= 11 is 0. The molecule has 1 spiro atoms. The molecule has 22 heavy (non-hydrogen) atoms. The number of hydrogen-bond donors (Lipinski definition) is 0. The number of rotatable bonds is 1. The lowest BCUT2D eigenvalue weighted by atomic mass is 9.87. The fourth-order valence-corrected chi connectivity index (χ4v) is 3.75. The van der Waals surface area contributed by atoms with Crippen molar-refractivity contribution in [2.75, 3.05) is 39.9 Å². The van der Waals surface area contributed by atoms with Crippen LogP contribution in [0.4, 0.5) is 0 Å². The number of likely N-dealkylation sites (tertiary alicyclic amines) is 1. The first-order valence-electron chi connectivity index (χ1n) is 8.25. The Morgan fingerprint density at radius 3 is 2.45 bits per heavy atom. The van der Waals surface area contributed by atoms with Gasteiger partial charge in [0.25, 0.3) is 5.91 Å². The van der Waals surface area contributed by atoms with Gasteiger partial charge in [0.15, 0.2) is 0 Å². The molecule has 124 valence electrons. The van der Waals surface area contributed by atoms with E-state index in [2.05, 4.69) is 0 Å². The summed E-state index contributed by atoms with van der Waals surface area (Å²) in [6.45, 7) is 4.74. The lowest BCUT2D eigenvalue weighted by Gasteiger charge is -2.47. The minimum absolute atomic E-state index is 0.0345. The van der Waals surface area contributed by atoms with Crippen molar-refractivity contribution < 1.29 is 19.1 Å². The molecular formula is C16H26N2O4. The third-order valence-electron chi connectivity index (χ3n) is 5.34. The van der Waals surface area contributed by atoms with Crippen LogP contribution in [0.25, 0.3) is 0 Å². The minimum Gasteiger partial charge on any atom is -0.365 e. The van der Waals surface area contributed by atoms with Crippen molar-refractivity contribution in [1.29, 1.82) is 0 Å². The van der Waals surface area contributed by atoms with Gasteiger partial charge < -0.3 is 19.3 Å². The first-order chi connectivity index (χ1) is 10.4. The first kappa shape index (κ1) is 15.7. The summed E-state index contributed by atoms with van der Waals surface area (Å²) in [6, 6.07) is 0. The van der Waals surface area contributed by atoms with Crippen molar-refractivity contribution >= 4 is 11.8 Å². The smallest absolute Gasteiger partial charge is 0.254 e. The lowest BCUT2D eigenvalue weighted by molar-refractivity contribution is -0.178. The summed E-state index contributed by atoms with van der Waals surface area (Å²) in [4.78, 5) is 28.0. The van der Waals surface area contributed by atoms with Crippen LogP contribution in [-0.4, -0.2) is 72.7 Å². The Morgan fingerprint density at radius 1 is 1.14 bits per heavy atom. The molecular weight excluding hydrogens is 284 g/mol. The Morgan fingerprint density at radius 2 is 1.86 bits per heavy atom. The fraction of sp³-hybridized carbons (Fsp3) is 0.875. The number of amides is 2. The number of carbonyl (C=O) groups is 2. The summed E-state index contributed by atoms with van der Waals surface area (Å²) in [6.07, 6.45) is 4.47. The van der Waals surface area contributed by atoms with Crippen molar-refractivity contribution in [3.05, 3.63) is 0 Å². The lowest BCUT2D eigenvalue weighted by Crippen LogP contribution is -2.60. The molecule has 2 amide bonds. The predicted octanol–water partition coefficient (Wildman–Crippen LogP) is 0.795. The molecule has 0 saturated carbocycles. The molecule has 3 aliphatic rings. The van der Waals surface area contributed by atoms with Crippen LogP contribution in [0.1, 0.15) is 39.0 Å². The van der Waals surface area contributed by atoms with Crippen LogP contribution in [-0.2, 0) is 19.1 Å². The molecule has 1 unspecified atom stereocenters. The Kier molecular flexibility index (Phi) is 4.16. The van der Waals surface area contributed by atoms with E-state index < -0.39 is 5.60 Å². The van der Waals surface area contributed by atoms with Crippen LogP contribution in [0.3, 0.4) is 0 Å². The summed E-state index contributed by atoms with van der Waals surface area (Å²) in [5, 5.41) is 0. The summed E-state index contributed by atoms with van der Waals surface area (Å²) in [5.74, 6) is 0.148. The van der Waals surface area contributed by atoms with Crippen LogP contribution < -0.4 is 0 Å². The fourth-order valence-electron chi connectivity index (χ4n) is 3.75. The van der Waals surface area contributed by atoms with Crippen molar-refractivity contribution in [3.8, 4) is 0 Å². The van der Waals surface area contributed by atoms with Gasteiger partial charge in [-0.1, -0.05) is 0 Å². The summed E-state index contributed by atoms with van der Waals surface area (Å²) in [7, 11) is 1.82. The number of ether oxygens (including phenoxy) is 2. The molecule has 0 aromatic carbocycles. The molecule has 3 saturated heterocycles. The molecule has 3 aliphatic heterocycles. The molecule has 0 N–H and O–H groups in total. The standard InChI is InChI=1S/C16H26N2O4/c1-15(5-3-4-10-21-15)14(20)18-8-6-16(7-9-18)12-17(2)13(19)11-22-16/h3-12H2,1-2H3. The molecule has 3 rings (SSSR count). The zero-order chi connectivity index (χ0) is 15.8. The Labute approximate surface area is 131 Å². The second kappa shape index (κ2) is 5.81. The van der Waals surface area contributed by atoms with Gasteiger partial charge in [-0.3, -0.25) is 9.59 Å². The number of morpholine rings is 1. The molecule has 3 heterocycles. The van der Waals surface area contributed by atoms with Gasteiger partial charge in [0.05, 0.1) is 5.60 Å². The monoisotopic (exact) mass is 310 g/mol. The molecule has 0 aromatic heterocycles. The molecule has 0 bridgehead atoms. The highest BCUT2D eigenvalue weighted by Gasteiger charge is 2.45. The Bertz CT molecular complexity index is 451.